The fourth-order valence-corrected chi connectivity index (χ4v) is 2.98. The molecule has 0 radical (unpaired) electrons. The van der Waals surface area contributed by atoms with Crippen LogP contribution in [-0.2, 0) is 4.79 Å². The van der Waals surface area contributed by atoms with Crippen molar-refractivity contribution in [1.29, 1.82) is 0 Å². The van der Waals surface area contributed by atoms with E-state index in [0.29, 0.717) is 29.8 Å². The summed E-state index contributed by atoms with van der Waals surface area (Å²) in [6, 6.07) is 0. The van der Waals surface area contributed by atoms with Gasteiger partial charge in [0.15, 0.2) is 16.7 Å². The van der Waals surface area contributed by atoms with Gasteiger partial charge in [0.05, 0.1) is 5.69 Å². The van der Waals surface area contributed by atoms with Crippen molar-refractivity contribution in [1.82, 2.24) is 14.9 Å². The summed E-state index contributed by atoms with van der Waals surface area (Å²) in [5.41, 5.74) is 1.24. The molecule has 21 heavy (non-hydrogen) atoms. The molecule has 0 unspecified atom stereocenters. The zero-order valence-corrected chi connectivity index (χ0v) is 12.4. The quantitative estimate of drug-likeness (QED) is 0.931. The first-order chi connectivity index (χ1) is 10.0. The summed E-state index contributed by atoms with van der Waals surface area (Å²) in [7, 11) is 0. The zero-order chi connectivity index (χ0) is 15.0. The third-order valence-corrected chi connectivity index (χ3v) is 4.01. The number of likely N-dealkylation sites (tertiary alicyclic amines) is 1. The number of carbonyl (C=O) groups excluding carboxylic acids is 2. The van der Waals surface area contributed by atoms with E-state index in [0.717, 1.165) is 5.69 Å². The van der Waals surface area contributed by atoms with Crippen LogP contribution in [0, 0.1) is 6.92 Å². The number of oxazole rings is 1. The maximum atomic E-state index is 12.1. The molecule has 0 aliphatic carbocycles. The molecule has 0 saturated carbocycles. The van der Waals surface area contributed by atoms with E-state index in [1.807, 2.05) is 5.38 Å². The highest BCUT2D eigenvalue weighted by Crippen LogP contribution is 2.30. The van der Waals surface area contributed by atoms with Gasteiger partial charge < -0.3 is 14.6 Å². The molecule has 110 valence electrons. The molecule has 1 aliphatic rings. The van der Waals surface area contributed by atoms with Gasteiger partial charge in [0.2, 0.25) is 5.91 Å². The van der Waals surface area contributed by atoms with Crippen LogP contribution in [0.5, 0.6) is 0 Å². The maximum absolute atomic E-state index is 12.1. The van der Waals surface area contributed by atoms with Crippen molar-refractivity contribution in [3.8, 4) is 0 Å². The number of nitrogens with one attached hydrogen (secondary N) is 1. The minimum atomic E-state index is -0.136. The normalized spacial score (nSPS) is 14.9. The van der Waals surface area contributed by atoms with Gasteiger partial charge in [-0.2, -0.15) is 0 Å². The maximum Gasteiger partial charge on any atom is 0.275 e. The van der Waals surface area contributed by atoms with Crippen molar-refractivity contribution in [2.24, 2.45) is 0 Å². The van der Waals surface area contributed by atoms with Gasteiger partial charge >= 0.3 is 0 Å². The van der Waals surface area contributed by atoms with Crippen LogP contribution in [0.4, 0.5) is 5.13 Å². The van der Waals surface area contributed by atoms with E-state index in [4.69, 9.17) is 4.42 Å². The molecule has 0 spiro atoms. The molecular formula is C13H14N4O3S. The highest BCUT2D eigenvalue weighted by Gasteiger charge is 2.34. The molecule has 2 aromatic rings. The fourth-order valence-electron chi connectivity index (χ4n) is 2.14. The van der Waals surface area contributed by atoms with Crippen LogP contribution < -0.4 is 5.32 Å². The van der Waals surface area contributed by atoms with Crippen molar-refractivity contribution in [2.75, 3.05) is 18.4 Å². The SMILES string of the molecule is CC(=O)Nc1nc(C2CN(C(=O)c3coc(C)n3)C2)cs1. The lowest BCUT2D eigenvalue weighted by molar-refractivity contribution is -0.114. The average Bonchev–Trinajstić information content (AvgIpc) is 2.96. The lowest BCUT2D eigenvalue weighted by Crippen LogP contribution is -2.48. The predicted octanol–water partition coefficient (Wildman–Crippen LogP) is 1.64. The molecule has 1 fully saturated rings. The number of rotatable bonds is 3. The Bertz CT molecular complexity index is 687. The van der Waals surface area contributed by atoms with Gasteiger partial charge in [0.25, 0.3) is 5.91 Å². The number of carbonyl (C=O) groups is 2. The Morgan fingerprint density at radius 1 is 1.43 bits per heavy atom. The highest BCUT2D eigenvalue weighted by molar-refractivity contribution is 7.13. The van der Waals surface area contributed by atoms with Gasteiger partial charge in [-0.05, 0) is 0 Å². The van der Waals surface area contributed by atoms with Crippen molar-refractivity contribution >= 4 is 28.3 Å². The zero-order valence-electron chi connectivity index (χ0n) is 11.6. The number of anilines is 1. The molecule has 2 aromatic heterocycles. The third kappa shape index (κ3) is 2.80. The first kappa shape index (κ1) is 13.7. The van der Waals surface area contributed by atoms with E-state index in [9.17, 15) is 9.59 Å². The minimum absolute atomic E-state index is 0.125. The van der Waals surface area contributed by atoms with Crippen molar-refractivity contribution < 1.29 is 14.0 Å². The van der Waals surface area contributed by atoms with E-state index in [1.165, 1.54) is 24.5 Å². The number of aryl methyl sites for hydroxylation is 1. The molecule has 1 aliphatic heterocycles. The summed E-state index contributed by atoms with van der Waals surface area (Å²) in [5.74, 6) is 0.429. The third-order valence-electron chi connectivity index (χ3n) is 3.23. The van der Waals surface area contributed by atoms with E-state index < -0.39 is 0 Å². The molecular weight excluding hydrogens is 292 g/mol. The van der Waals surface area contributed by atoms with E-state index in [2.05, 4.69) is 15.3 Å². The second-order valence-electron chi connectivity index (χ2n) is 4.92. The molecule has 0 atom stereocenters. The Morgan fingerprint density at radius 3 is 2.81 bits per heavy atom. The van der Waals surface area contributed by atoms with Gasteiger partial charge in [0.1, 0.15) is 6.26 Å². The topological polar surface area (TPSA) is 88.3 Å². The van der Waals surface area contributed by atoms with E-state index in [1.54, 1.807) is 11.8 Å². The van der Waals surface area contributed by atoms with Gasteiger partial charge in [0, 0.05) is 38.2 Å². The Hall–Kier alpha value is -2.22. The first-order valence-electron chi connectivity index (χ1n) is 6.47. The minimum Gasteiger partial charge on any atom is -0.448 e. The van der Waals surface area contributed by atoms with Crippen molar-refractivity contribution in [3.63, 3.8) is 0 Å². The number of nitrogens with zero attached hydrogens (tertiary/aromatic N) is 3. The number of amides is 2. The Morgan fingerprint density at radius 2 is 2.19 bits per heavy atom. The summed E-state index contributed by atoms with van der Waals surface area (Å²) in [4.78, 5) is 33.2. The van der Waals surface area contributed by atoms with Crippen molar-refractivity contribution in [2.45, 2.75) is 19.8 Å². The lowest BCUT2D eigenvalue weighted by Gasteiger charge is -2.37. The van der Waals surface area contributed by atoms with Crippen LogP contribution >= 0.6 is 11.3 Å². The van der Waals surface area contributed by atoms with Crippen LogP contribution in [0.3, 0.4) is 0 Å². The smallest absolute Gasteiger partial charge is 0.275 e. The fraction of sp³-hybridized carbons (Fsp3) is 0.385. The average molecular weight is 306 g/mol. The number of thiazole rings is 1. The largest absolute Gasteiger partial charge is 0.448 e. The second-order valence-corrected chi connectivity index (χ2v) is 5.78. The molecule has 1 saturated heterocycles. The predicted molar refractivity (Wildman–Crippen MR) is 76.3 cm³/mol. The van der Waals surface area contributed by atoms with E-state index >= 15 is 0 Å². The monoisotopic (exact) mass is 306 g/mol. The van der Waals surface area contributed by atoms with Crippen LogP contribution in [0.1, 0.15) is 34.9 Å². The molecule has 0 bridgehead atoms. The molecule has 8 heteroatoms. The molecule has 3 rings (SSSR count). The number of hydrogen-bond acceptors (Lipinski definition) is 6. The van der Waals surface area contributed by atoms with Crippen LogP contribution in [0.2, 0.25) is 0 Å². The number of aromatic nitrogens is 2. The second kappa shape index (κ2) is 5.28. The standard InChI is InChI=1S/C13H14N4O3S/c1-7(18)14-13-16-11(6-21-13)9-3-17(4-9)12(19)10-5-20-8(2)15-10/h5-6,9H,3-4H2,1-2H3,(H,14,16,18). The molecule has 2 amide bonds. The van der Waals surface area contributed by atoms with Crippen LogP contribution in [0.15, 0.2) is 16.1 Å². The van der Waals surface area contributed by atoms with E-state index in [-0.39, 0.29) is 17.7 Å². The molecule has 7 nitrogen and oxygen atoms in total. The lowest BCUT2D eigenvalue weighted by atomic mass is 9.97. The highest BCUT2D eigenvalue weighted by atomic mass is 32.1. The molecule has 0 aromatic carbocycles. The van der Waals surface area contributed by atoms with Crippen LogP contribution in [0.25, 0.3) is 0 Å². The van der Waals surface area contributed by atoms with Crippen molar-refractivity contribution in [3.05, 3.63) is 28.9 Å². The summed E-state index contributed by atoms with van der Waals surface area (Å²) in [6.45, 7) is 4.36. The van der Waals surface area contributed by atoms with Gasteiger partial charge in [-0.1, -0.05) is 0 Å². The Balaban J connectivity index is 1.59. The van der Waals surface area contributed by atoms with Gasteiger partial charge in [-0.25, -0.2) is 9.97 Å². The van der Waals surface area contributed by atoms with Gasteiger partial charge in [-0.15, -0.1) is 11.3 Å². The molecule has 3 heterocycles. The summed E-state index contributed by atoms with van der Waals surface area (Å²) >= 11 is 1.39. The van der Waals surface area contributed by atoms with Crippen LogP contribution in [-0.4, -0.2) is 39.8 Å². The first-order valence-corrected chi connectivity index (χ1v) is 7.35. The molecule has 1 N–H and O–H groups in total. The summed E-state index contributed by atoms with van der Waals surface area (Å²) in [5, 5.41) is 5.16. The summed E-state index contributed by atoms with van der Waals surface area (Å²) < 4.78 is 5.05. The Kier molecular flexibility index (Phi) is 3.46. The number of hydrogen-bond donors (Lipinski definition) is 1. The Labute approximate surface area is 125 Å². The summed E-state index contributed by atoms with van der Waals surface area (Å²) in [6.07, 6.45) is 1.38. The van der Waals surface area contributed by atoms with Gasteiger partial charge in [-0.3, -0.25) is 9.59 Å².